The van der Waals surface area contributed by atoms with Gasteiger partial charge in [0.1, 0.15) is 0 Å². The molecule has 358 valence electrons. The van der Waals surface area contributed by atoms with E-state index in [9.17, 15) is 0 Å². The van der Waals surface area contributed by atoms with Crippen molar-refractivity contribution in [3.8, 4) is 39.1 Å². The van der Waals surface area contributed by atoms with Crippen LogP contribution in [0.5, 0.6) is 0 Å². The maximum absolute atomic E-state index is 15.6. The van der Waals surface area contributed by atoms with E-state index in [0.29, 0.717) is 25.0 Å². The fourth-order valence-electron chi connectivity index (χ4n) is 15.1. The molecule has 0 saturated heterocycles. The van der Waals surface area contributed by atoms with Gasteiger partial charge < -0.3 is 4.57 Å². The predicted molar refractivity (Wildman–Crippen MR) is 299 cm³/mol. The molecule has 17 rings (SSSR count). The van der Waals surface area contributed by atoms with Crippen molar-refractivity contribution < 1.29 is 16.8 Å². The number of rotatable bonds is 2. The Kier molecular flexibility index (Phi) is 8.10. The van der Waals surface area contributed by atoms with Crippen LogP contribution in [0.3, 0.4) is 0 Å². The van der Waals surface area contributed by atoms with E-state index in [1.807, 2.05) is 60.7 Å². The number of benzene rings is 11. The highest BCUT2D eigenvalue weighted by Gasteiger charge is 2.56. The van der Waals surface area contributed by atoms with Gasteiger partial charge in [-0.25, -0.2) is 16.8 Å². The number of fused-ring (bicyclic) bond motifs is 26. The van der Waals surface area contributed by atoms with Crippen LogP contribution < -0.4 is 0 Å². The highest BCUT2D eigenvalue weighted by molar-refractivity contribution is 7.92. The van der Waals surface area contributed by atoms with Crippen LogP contribution in [0, 0.1) is 0 Å². The van der Waals surface area contributed by atoms with E-state index in [1.165, 1.54) is 0 Å². The van der Waals surface area contributed by atoms with Crippen LogP contribution in [0.4, 0.5) is 0 Å². The molecule has 0 amide bonds. The number of aromatic nitrogens is 1. The summed E-state index contributed by atoms with van der Waals surface area (Å²) < 4.78 is 64.5. The fourth-order valence-corrected chi connectivity index (χ4v) is 19.0. The number of para-hydroxylation sites is 1. The maximum atomic E-state index is 15.6. The summed E-state index contributed by atoms with van der Waals surface area (Å²) in [6.45, 7) is 0. The molecular weight excluding hydrogens is 971 g/mol. The molecule has 7 heteroatoms. The minimum atomic E-state index is -4.06. The van der Waals surface area contributed by atoms with Crippen molar-refractivity contribution in [2.45, 2.75) is 36.3 Å². The lowest BCUT2D eigenvalue weighted by Gasteiger charge is -2.40. The number of sulfone groups is 2. The summed E-state index contributed by atoms with van der Waals surface area (Å²) in [5, 5.41) is 1.55. The standard InChI is InChI=1S/C69H41NO4S2/c71-75(72)61-31-15-12-28-55(61)68(51-24-8-3-17-43(51)44-18-4-9-25-52(44)68)57-38-37-50-63(47-21-1-2-22-48(47)64(50)66(57)75)41-33-35-42(36-34-41)70-59-30-14-7-23-49(59)65-60(70)40-39-58-67(65)76(73,74)62-32-16-13-29-56(62)69(58)53-26-10-5-19-45(53)46-20-6-11-27-54(46)69/h1-40,63H. The topological polar surface area (TPSA) is 73.2 Å². The van der Waals surface area contributed by atoms with Gasteiger partial charge in [0.05, 0.1) is 41.4 Å². The molecule has 12 aromatic rings. The van der Waals surface area contributed by atoms with Crippen molar-refractivity contribution in [3.05, 3.63) is 304 Å². The highest BCUT2D eigenvalue weighted by atomic mass is 32.2. The van der Waals surface area contributed by atoms with Gasteiger partial charge in [0.2, 0.25) is 19.7 Å². The van der Waals surface area contributed by atoms with Gasteiger partial charge in [0.15, 0.2) is 0 Å². The lowest BCUT2D eigenvalue weighted by Crippen LogP contribution is -2.36. The average Bonchev–Trinajstić information content (AvgIpc) is 4.22. The Morgan fingerprint density at radius 1 is 0.329 bits per heavy atom. The molecule has 76 heavy (non-hydrogen) atoms. The number of nitrogens with zero attached hydrogens (tertiary/aromatic N) is 1. The van der Waals surface area contributed by atoms with Gasteiger partial charge in [-0.3, -0.25) is 0 Å². The van der Waals surface area contributed by atoms with Gasteiger partial charge in [-0.05, 0) is 125 Å². The van der Waals surface area contributed by atoms with E-state index in [-0.39, 0.29) is 5.92 Å². The zero-order valence-electron chi connectivity index (χ0n) is 40.6. The Hall–Kier alpha value is -8.88. The van der Waals surface area contributed by atoms with Crippen LogP contribution in [-0.4, -0.2) is 21.4 Å². The summed E-state index contributed by atoms with van der Waals surface area (Å²) in [7, 11) is -8.09. The summed E-state index contributed by atoms with van der Waals surface area (Å²) >= 11 is 0. The molecule has 3 heterocycles. The minimum absolute atomic E-state index is 0.263. The van der Waals surface area contributed by atoms with Crippen LogP contribution in [0.1, 0.15) is 67.1 Å². The summed E-state index contributed by atoms with van der Waals surface area (Å²) in [6, 6.07) is 82.5. The lowest BCUT2D eigenvalue weighted by molar-refractivity contribution is 0.580. The third kappa shape index (κ3) is 4.84. The largest absolute Gasteiger partial charge is 0.309 e. The summed E-state index contributed by atoms with van der Waals surface area (Å²) in [4.78, 5) is 1.38. The van der Waals surface area contributed by atoms with E-state index in [1.54, 1.807) is 12.1 Å². The molecule has 0 fully saturated rings. The second-order valence-electron chi connectivity index (χ2n) is 20.9. The van der Waals surface area contributed by atoms with Crippen LogP contribution in [0.25, 0.3) is 60.9 Å². The molecule has 5 aliphatic rings. The molecule has 5 nitrogen and oxygen atoms in total. The first-order valence-electron chi connectivity index (χ1n) is 25.8. The zero-order valence-corrected chi connectivity index (χ0v) is 42.2. The van der Waals surface area contributed by atoms with Crippen molar-refractivity contribution in [1.82, 2.24) is 4.57 Å². The van der Waals surface area contributed by atoms with Crippen molar-refractivity contribution in [3.63, 3.8) is 0 Å². The van der Waals surface area contributed by atoms with Gasteiger partial charge >= 0.3 is 0 Å². The Morgan fingerprint density at radius 3 is 1.33 bits per heavy atom. The maximum Gasteiger partial charge on any atom is 0.207 e. The molecule has 0 N–H and O–H groups in total. The van der Waals surface area contributed by atoms with Gasteiger partial charge in [-0.2, -0.15) is 0 Å². The third-order valence-corrected chi connectivity index (χ3v) is 21.5. The lowest BCUT2D eigenvalue weighted by atomic mass is 9.67. The Labute approximate surface area is 439 Å². The van der Waals surface area contributed by atoms with Crippen LogP contribution >= 0.6 is 0 Å². The smallest absolute Gasteiger partial charge is 0.207 e. The van der Waals surface area contributed by atoms with Crippen molar-refractivity contribution >= 4 is 41.5 Å². The van der Waals surface area contributed by atoms with Gasteiger partial charge in [-0.1, -0.05) is 206 Å². The first-order chi connectivity index (χ1) is 37.3. The number of hydrogen-bond donors (Lipinski definition) is 0. The molecule has 0 saturated carbocycles. The van der Waals surface area contributed by atoms with Crippen LogP contribution in [-0.2, 0) is 30.5 Å². The van der Waals surface area contributed by atoms with E-state index in [0.717, 1.165) is 117 Å². The quantitative estimate of drug-likeness (QED) is 0.173. The zero-order chi connectivity index (χ0) is 50.5. The number of hydrogen-bond acceptors (Lipinski definition) is 4. The molecule has 0 bridgehead atoms. The molecule has 2 spiro atoms. The fraction of sp³-hybridized carbons (Fsp3) is 0.0435. The van der Waals surface area contributed by atoms with Crippen LogP contribution in [0.15, 0.2) is 262 Å². The van der Waals surface area contributed by atoms with Crippen molar-refractivity contribution in [2.24, 2.45) is 0 Å². The normalized spacial score (nSPS) is 17.2. The van der Waals surface area contributed by atoms with Crippen molar-refractivity contribution in [2.75, 3.05) is 0 Å². The summed E-state index contributed by atoms with van der Waals surface area (Å²) in [5.41, 5.74) is 17.4. The third-order valence-electron chi connectivity index (χ3n) is 17.7. The second-order valence-corrected chi connectivity index (χ2v) is 24.6. The molecule has 1 unspecified atom stereocenters. The van der Waals surface area contributed by atoms with E-state index < -0.39 is 30.5 Å². The average molecular weight is 1010 g/mol. The monoisotopic (exact) mass is 1010 g/mol. The second kappa shape index (κ2) is 14.5. The molecule has 0 radical (unpaired) electrons. The first kappa shape index (κ1) is 42.5. The Morgan fingerprint density at radius 2 is 0.763 bits per heavy atom. The molecule has 3 aliphatic carbocycles. The van der Waals surface area contributed by atoms with Gasteiger partial charge in [0.25, 0.3) is 0 Å². The Balaban J connectivity index is 0.870. The van der Waals surface area contributed by atoms with Gasteiger partial charge in [0, 0.05) is 27.9 Å². The highest BCUT2D eigenvalue weighted by Crippen LogP contribution is 2.65. The predicted octanol–water partition coefficient (Wildman–Crippen LogP) is 15.0. The van der Waals surface area contributed by atoms with E-state index in [2.05, 4.69) is 174 Å². The summed E-state index contributed by atoms with van der Waals surface area (Å²) in [5.74, 6) is -0.263. The molecule has 11 aromatic carbocycles. The molecule has 1 atom stereocenters. The molecule has 1 aromatic heterocycles. The molecular formula is C69H41NO4S2. The van der Waals surface area contributed by atoms with E-state index >= 15 is 16.8 Å². The first-order valence-corrected chi connectivity index (χ1v) is 28.7. The minimum Gasteiger partial charge on any atom is -0.309 e. The van der Waals surface area contributed by atoms with Gasteiger partial charge in [-0.15, -0.1) is 0 Å². The SMILES string of the molecule is O=S1(=O)c2ccccc2C2(c3ccccc3-c3ccccc32)c2ccc3c(c21)-c1ccccc1C3c1ccc(-n2c3ccccc3c3c4c(ccc32)C2(c3ccccc3-c3ccccc32)c2ccccc2S4(=O)=O)cc1. The van der Waals surface area contributed by atoms with E-state index in [4.69, 9.17) is 0 Å². The van der Waals surface area contributed by atoms with Crippen LogP contribution in [0.2, 0.25) is 0 Å². The summed E-state index contributed by atoms with van der Waals surface area (Å²) in [6.07, 6.45) is 0. The Bertz CT molecular complexity index is 4780. The van der Waals surface area contributed by atoms with Crippen molar-refractivity contribution in [1.29, 1.82) is 0 Å². The molecule has 2 aliphatic heterocycles.